The van der Waals surface area contributed by atoms with Crippen molar-refractivity contribution in [3.8, 4) is 6.07 Å². The van der Waals surface area contributed by atoms with Gasteiger partial charge in [-0.05, 0) is 29.6 Å². The molecule has 2 saturated heterocycles. The van der Waals surface area contributed by atoms with Crippen LogP contribution in [0.25, 0.3) is 0 Å². The molecular formula is C23H25FN6O4S. The topological polar surface area (TPSA) is 132 Å². The normalized spacial score (nSPS) is 19.1. The number of hydrazine groups is 1. The number of piperidine rings is 1. The molecule has 2 aromatic rings. The average molecular weight is 501 g/mol. The highest BCUT2D eigenvalue weighted by atomic mass is 32.1. The molecule has 2 aliphatic heterocycles. The molecule has 0 bridgehead atoms. The Morgan fingerprint density at radius 1 is 1.37 bits per heavy atom. The fraction of sp³-hybridized carbons (Fsp3) is 0.391. The van der Waals surface area contributed by atoms with E-state index in [1.807, 2.05) is 0 Å². The molecule has 0 spiro atoms. The molecule has 2 aliphatic rings. The number of hydrogen-bond acceptors (Lipinski definition) is 8. The zero-order valence-corrected chi connectivity index (χ0v) is 19.9. The number of cyclic esters (lactones) is 1. The van der Waals surface area contributed by atoms with Crippen LogP contribution in [0.5, 0.6) is 0 Å². The van der Waals surface area contributed by atoms with Crippen LogP contribution in [0.1, 0.15) is 29.4 Å². The first-order chi connectivity index (χ1) is 16.7. The van der Waals surface area contributed by atoms with Gasteiger partial charge in [0.25, 0.3) is 5.91 Å². The number of thiophene rings is 1. The maximum Gasteiger partial charge on any atom is 0.414 e. The van der Waals surface area contributed by atoms with Crippen LogP contribution in [0.4, 0.5) is 20.6 Å². The van der Waals surface area contributed by atoms with Crippen LogP contribution < -0.4 is 21.0 Å². The van der Waals surface area contributed by atoms with Gasteiger partial charge >= 0.3 is 6.09 Å². The van der Waals surface area contributed by atoms with Gasteiger partial charge in [0.15, 0.2) is 0 Å². The molecule has 4 rings (SSSR count). The first kappa shape index (κ1) is 24.4. The number of nitrogens with two attached hydrogens (primary N) is 1. The molecule has 1 aromatic heterocycles. The quantitative estimate of drug-likeness (QED) is 0.353. The second-order valence-electron chi connectivity index (χ2n) is 8.47. The molecule has 0 saturated carbocycles. The largest absolute Gasteiger partial charge is 0.442 e. The SMILES string of the molecule is CC(=O)NC[C@H]1CN(c2ccc(N3CCC(C#N)(N(N)C(=O)c4cccs4)CC3)c(F)c2)C(=O)O1. The molecule has 1 atom stereocenters. The van der Waals surface area contributed by atoms with Gasteiger partial charge in [-0.1, -0.05) is 6.07 Å². The molecule has 12 heteroatoms. The van der Waals surface area contributed by atoms with Crippen molar-refractivity contribution in [3.05, 3.63) is 46.4 Å². The van der Waals surface area contributed by atoms with E-state index in [-0.39, 0.29) is 31.8 Å². The number of ether oxygens (including phenoxy) is 1. The van der Waals surface area contributed by atoms with E-state index in [0.717, 1.165) is 5.01 Å². The first-order valence-electron chi connectivity index (χ1n) is 11.1. The van der Waals surface area contributed by atoms with E-state index >= 15 is 4.39 Å². The molecule has 35 heavy (non-hydrogen) atoms. The monoisotopic (exact) mass is 500 g/mol. The van der Waals surface area contributed by atoms with Gasteiger partial charge in [0.1, 0.15) is 17.5 Å². The summed E-state index contributed by atoms with van der Waals surface area (Å²) in [4.78, 5) is 39.6. The number of halogens is 1. The lowest BCUT2D eigenvalue weighted by Crippen LogP contribution is -2.59. The lowest BCUT2D eigenvalue weighted by Gasteiger charge is -2.42. The van der Waals surface area contributed by atoms with Crippen molar-refractivity contribution in [1.82, 2.24) is 10.3 Å². The number of nitriles is 1. The Balaban J connectivity index is 1.42. The van der Waals surface area contributed by atoms with E-state index in [0.29, 0.717) is 29.3 Å². The highest BCUT2D eigenvalue weighted by Crippen LogP contribution is 2.34. The van der Waals surface area contributed by atoms with E-state index in [1.165, 1.54) is 29.2 Å². The summed E-state index contributed by atoms with van der Waals surface area (Å²) < 4.78 is 20.3. The Kier molecular flexibility index (Phi) is 6.90. The molecule has 1 aromatic carbocycles. The van der Waals surface area contributed by atoms with Gasteiger partial charge in [-0.15, -0.1) is 11.3 Å². The third kappa shape index (κ3) is 4.91. The van der Waals surface area contributed by atoms with Crippen LogP contribution in [0.15, 0.2) is 35.7 Å². The average Bonchev–Trinajstić information content (AvgIpc) is 3.52. The summed E-state index contributed by atoms with van der Waals surface area (Å²) >= 11 is 1.25. The predicted octanol–water partition coefficient (Wildman–Crippen LogP) is 2.23. The molecule has 0 unspecified atom stereocenters. The molecule has 3 N–H and O–H groups in total. The molecular weight excluding hydrogens is 475 g/mol. The number of nitrogens with one attached hydrogen (secondary N) is 1. The van der Waals surface area contributed by atoms with Crippen molar-refractivity contribution in [3.63, 3.8) is 0 Å². The Morgan fingerprint density at radius 2 is 2.11 bits per heavy atom. The smallest absolute Gasteiger partial charge is 0.414 e. The zero-order chi connectivity index (χ0) is 25.2. The van der Waals surface area contributed by atoms with Crippen molar-refractivity contribution in [2.24, 2.45) is 5.84 Å². The summed E-state index contributed by atoms with van der Waals surface area (Å²) in [6.07, 6.45) is -0.627. The Labute approximate surface area is 205 Å². The maximum atomic E-state index is 15.1. The summed E-state index contributed by atoms with van der Waals surface area (Å²) in [5, 5.41) is 15.2. The van der Waals surface area contributed by atoms with Crippen LogP contribution in [0.3, 0.4) is 0 Å². The van der Waals surface area contributed by atoms with Crippen molar-refractivity contribution < 1.29 is 23.5 Å². The number of amides is 3. The maximum absolute atomic E-state index is 15.1. The Hall–Kier alpha value is -3.69. The lowest BCUT2D eigenvalue weighted by atomic mass is 9.87. The minimum atomic E-state index is -1.18. The van der Waals surface area contributed by atoms with Crippen LogP contribution in [0, 0.1) is 17.1 Å². The molecule has 3 heterocycles. The fourth-order valence-corrected chi connectivity index (χ4v) is 4.91. The van der Waals surface area contributed by atoms with Gasteiger partial charge in [0.05, 0.1) is 35.4 Å². The fourth-order valence-electron chi connectivity index (χ4n) is 4.25. The summed E-state index contributed by atoms with van der Waals surface area (Å²) in [6.45, 7) is 2.38. The van der Waals surface area contributed by atoms with E-state index in [9.17, 15) is 19.6 Å². The van der Waals surface area contributed by atoms with Gasteiger partial charge < -0.3 is 15.0 Å². The first-order valence-corrected chi connectivity index (χ1v) is 11.9. The van der Waals surface area contributed by atoms with Gasteiger partial charge in [0, 0.05) is 32.9 Å². The Morgan fingerprint density at radius 3 is 2.71 bits per heavy atom. The summed E-state index contributed by atoms with van der Waals surface area (Å²) in [6, 6.07) is 10.1. The number of anilines is 2. The van der Waals surface area contributed by atoms with Gasteiger partial charge in [-0.25, -0.2) is 15.0 Å². The number of rotatable bonds is 6. The number of nitrogens with zero attached hydrogens (tertiary/aromatic N) is 4. The zero-order valence-electron chi connectivity index (χ0n) is 19.1. The highest BCUT2D eigenvalue weighted by molar-refractivity contribution is 7.12. The van der Waals surface area contributed by atoms with Crippen LogP contribution >= 0.6 is 11.3 Å². The number of carbonyl (C=O) groups is 3. The molecule has 184 valence electrons. The second-order valence-corrected chi connectivity index (χ2v) is 9.42. The Bertz CT molecular complexity index is 1160. The molecule has 10 nitrogen and oxygen atoms in total. The van der Waals surface area contributed by atoms with Gasteiger partial charge in [-0.2, -0.15) is 5.26 Å². The minimum absolute atomic E-state index is 0.180. The second kappa shape index (κ2) is 9.89. The van der Waals surface area contributed by atoms with Crippen molar-refractivity contribution in [2.75, 3.05) is 36.0 Å². The number of benzene rings is 1. The van der Waals surface area contributed by atoms with Crippen molar-refractivity contribution >= 4 is 40.6 Å². The summed E-state index contributed by atoms with van der Waals surface area (Å²) in [7, 11) is 0. The van der Waals surface area contributed by atoms with E-state index in [4.69, 9.17) is 10.6 Å². The minimum Gasteiger partial charge on any atom is -0.442 e. The highest BCUT2D eigenvalue weighted by Gasteiger charge is 2.43. The van der Waals surface area contributed by atoms with E-state index in [1.54, 1.807) is 34.5 Å². The standard InChI is InChI=1S/C23H25FN6O4S/c1-15(31)27-12-17-13-29(22(33)34-17)16-4-5-19(18(24)11-16)28-8-6-23(14-25,7-9-28)30(26)21(32)20-3-2-10-35-20/h2-5,10-11,17H,6-9,12-13,26H2,1H3,(H,27,31)/t17-/m0/s1. The van der Waals surface area contributed by atoms with E-state index in [2.05, 4.69) is 11.4 Å². The summed E-state index contributed by atoms with van der Waals surface area (Å²) in [5.74, 6) is 4.93. The predicted molar refractivity (Wildman–Crippen MR) is 127 cm³/mol. The van der Waals surface area contributed by atoms with Gasteiger partial charge in [0.2, 0.25) is 5.91 Å². The third-order valence-electron chi connectivity index (χ3n) is 6.25. The van der Waals surface area contributed by atoms with Crippen LogP contribution in [0.2, 0.25) is 0 Å². The summed E-state index contributed by atoms with van der Waals surface area (Å²) in [5.41, 5.74) is -0.508. The van der Waals surface area contributed by atoms with Crippen LogP contribution in [-0.2, 0) is 9.53 Å². The van der Waals surface area contributed by atoms with Crippen molar-refractivity contribution in [2.45, 2.75) is 31.4 Å². The molecule has 0 radical (unpaired) electrons. The molecule has 2 fully saturated rings. The van der Waals surface area contributed by atoms with Gasteiger partial charge in [-0.3, -0.25) is 19.5 Å². The number of carbonyl (C=O) groups excluding carboxylic acids is 3. The van der Waals surface area contributed by atoms with Crippen LogP contribution in [-0.4, -0.2) is 60.7 Å². The molecule has 3 amide bonds. The number of hydrogen-bond donors (Lipinski definition) is 2. The van der Waals surface area contributed by atoms with Crippen molar-refractivity contribution in [1.29, 1.82) is 5.26 Å². The molecule has 0 aliphatic carbocycles. The van der Waals surface area contributed by atoms with E-state index < -0.39 is 29.5 Å². The third-order valence-corrected chi connectivity index (χ3v) is 7.10. The lowest BCUT2D eigenvalue weighted by molar-refractivity contribution is -0.119.